The largest absolute Gasteiger partial charge is 0.127 e. The zero-order valence-corrected chi connectivity index (χ0v) is 12.1. The topological polar surface area (TPSA) is 0 Å². The summed E-state index contributed by atoms with van der Waals surface area (Å²) in [5.41, 5.74) is 1.11. The number of rotatable bonds is 2. The van der Waals surface area contributed by atoms with Crippen molar-refractivity contribution in [3.8, 4) is 0 Å². The molecular formula is C11H7Cl2IS. The molecule has 15 heavy (non-hydrogen) atoms. The highest BCUT2D eigenvalue weighted by Gasteiger charge is 2.12. The highest BCUT2D eigenvalue weighted by molar-refractivity contribution is 14.1. The van der Waals surface area contributed by atoms with Crippen LogP contribution in [0, 0.1) is 3.57 Å². The van der Waals surface area contributed by atoms with Gasteiger partial charge >= 0.3 is 0 Å². The average Bonchev–Trinajstić information content (AvgIpc) is 2.64. The summed E-state index contributed by atoms with van der Waals surface area (Å²) in [5, 5.41) is -0.0998. The molecule has 0 N–H and O–H groups in total. The van der Waals surface area contributed by atoms with Crippen molar-refractivity contribution in [3.63, 3.8) is 0 Å². The van der Waals surface area contributed by atoms with Crippen LogP contribution in [-0.4, -0.2) is 0 Å². The van der Waals surface area contributed by atoms with Crippen LogP contribution < -0.4 is 0 Å². The second kappa shape index (κ2) is 5.04. The second-order valence-electron chi connectivity index (χ2n) is 3.06. The van der Waals surface area contributed by atoms with Crippen LogP contribution in [0.2, 0.25) is 4.34 Å². The first kappa shape index (κ1) is 11.7. The van der Waals surface area contributed by atoms with Crippen LogP contribution in [0.15, 0.2) is 36.4 Å². The second-order valence-corrected chi connectivity index (χ2v) is 6.49. The molecule has 1 aromatic carbocycles. The van der Waals surface area contributed by atoms with E-state index in [1.807, 2.05) is 24.3 Å². The Labute approximate surface area is 116 Å². The van der Waals surface area contributed by atoms with Gasteiger partial charge in [0.05, 0.1) is 9.71 Å². The molecule has 1 aromatic heterocycles. The van der Waals surface area contributed by atoms with Crippen LogP contribution in [-0.2, 0) is 0 Å². The minimum absolute atomic E-state index is 0.0998. The molecule has 0 nitrogen and oxygen atoms in total. The zero-order valence-electron chi connectivity index (χ0n) is 7.58. The maximum Gasteiger partial charge on any atom is 0.0931 e. The van der Waals surface area contributed by atoms with E-state index < -0.39 is 0 Å². The summed E-state index contributed by atoms with van der Waals surface area (Å²) in [5.74, 6) is 0. The first-order valence-electron chi connectivity index (χ1n) is 4.31. The van der Waals surface area contributed by atoms with E-state index in [1.54, 1.807) is 0 Å². The monoisotopic (exact) mass is 368 g/mol. The molecule has 78 valence electrons. The summed E-state index contributed by atoms with van der Waals surface area (Å²) in [4.78, 5) is 1.09. The van der Waals surface area contributed by atoms with Crippen LogP contribution in [0.1, 0.15) is 15.8 Å². The van der Waals surface area contributed by atoms with E-state index in [-0.39, 0.29) is 5.38 Å². The minimum atomic E-state index is -0.0998. The molecule has 2 aromatic rings. The molecule has 0 aliphatic carbocycles. The fraction of sp³-hybridized carbons (Fsp3) is 0.0909. The van der Waals surface area contributed by atoms with Crippen molar-refractivity contribution in [2.45, 2.75) is 5.38 Å². The Balaban J connectivity index is 2.32. The third kappa shape index (κ3) is 2.87. The predicted molar refractivity (Wildman–Crippen MR) is 76.2 cm³/mol. The molecule has 0 saturated carbocycles. The van der Waals surface area contributed by atoms with Gasteiger partial charge in [-0.15, -0.1) is 22.9 Å². The molecule has 0 bridgehead atoms. The Kier molecular flexibility index (Phi) is 3.93. The van der Waals surface area contributed by atoms with Gasteiger partial charge in [-0.25, -0.2) is 0 Å². The van der Waals surface area contributed by atoms with Crippen molar-refractivity contribution in [2.75, 3.05) is 0 Å². The van der Waals surface area contributed by atoms with Crippen LogP contribution in [0.3, 0.4) is 0 Å². The standard InChI is InChI=1S/C11H7Cl2IS/c12-10-5-4-9(15-10)11(13)7-2-1-3-8(14)6-7/h1-6,11H. The molecule has 2 rings (SSSR count). The summed E-state index contributed by atoms with van der Waals surface area (Å²) in [6.07, 6.45) is 0. The van der Waals surface area contributed by atoms with E-state index in [4.69, 9.17) is 23.2 Å². The van der Waals surface area contributed by atoms with E-state index >= 15 is 0 Å². The number of thiophene rings is 1. The lowest BCUT2D eigenvalue weighted by Gasteiger charge is -2.07. The van der Waals surface area contributed by atoms with E-state index in [9.17, 15) is 0 Å². The highest BCUT2D eigenvalue weighted by atomic mass is 127. The Morgan fingerprint density at radius 2 is 2.00 bits per heavy atom. The van der Waals surface area contributed by atoms with Crippen molar-refractivity contribution in [2.24, 2.45) is 0 Å². The Morgan fingerprint density at radius 3 is 2.60 bits per heavy atom. The number of benzene rings is 1. The maximum atomic E-state index is 6.37. The smallest absolute Gasteiger partial charge is 0.0931 e. The molecule has 0 saturated heterocycles. The van der Waals surface area contributed by atoms with E-state index in [0.29, 0.717) is 0 Å². The first-order valence-corrected chi connectivity index (χ1v) is 7.02. The first-order chi connectivity index (χ1) is 7.16. The third-order valence-electron chi connectivity index (χ3n) is 1.99. The summed E-state index contributed by atoms with van der Waals surface area (Å²) in [7, 11) is 0. The van der Waals surface area contributed by atoms with Crippen LogP contribution in [0.25, 0.3) is 0 Å². The quantitative estimate of drug-likeness (QED) is 0.496. The molecule has 4 heteroatoms. The van der Waals surface area contributed by atoms with Gasteiger partial charge in [-0.3, -0.25) is 0 Å². The van der Waals surface area contributed by atoms with E-state index in [1.165, 1.54) is 14.9 Å². The van der Waals surface area contributed by atoms with Crippen LogP contribution in [0.4, 0.5) is 0 Å². The molecular weight excluding hydrogens is 362 g/mol. The number of halogens is 3. The predicted octanol–water partition coefficient (Wildman–Crippen LogP) is 5.33. The van der Waals surface area contributed by atoms with Crippen molar-refractivity contribution in [1.29, 1.82) is 0 Å². The molecule has 0 aliphatic heterocycles. The van der Waals surface area contributed by atoms with Gasteiger partial charge in [0.2, 0.25) is 0 Å². The molecule has 0 spiro atoms. The van der Waals surface area contributed by atoms with Crippen molar-refractivity contribution in [1.82, 2.24) is 0 Å². The zero-order chi connectivity index (χ0) is 10.8. The van der Waals surface area contributed by atoms with Crippen LogP contribution in [0.5, 0.6) is 0 Å². The summed E-state index contributed by atoms with van der Waals surface area (Å²) >= 11 is 16.1. The molecule has 0 aliphatic rings. The Morgan fingerprint density at radius 1 is 1.20 bits per heavy atom. The van der Waals surface area contributed by atoms with Gasteiger partial charge in [-0.1, -0.05) is 23.7 Å². The minimum Gasteiger partial charge on any atom is -0.127 e. The molecule has 0 amide bonds. The number of hydrogen-bond donors (Lipinski definition) is 0. The normalized spacial score (nSPS) is 12.7. The Hall–Kier alpha value is 0.230. The lowest BCUT2D eigenvalue weighted by molar-refractivity contribution is 1.18. The molecule has 0 radical (unpaired) electrons. The lowest BCUT2D eigenvalue weighted by Crippen LogP contribution is -1.89. The van der Waals surface area contributed by atoms with Gasteiger partial charge in [0.1, 0.15) is 0 Å². The summed E-state index contributed by atoms with van der Waals surface area (Å²) in [6.45, 7) is 0. The summed E-state index contributed by atoms with van der Waals surface area (Å²) < 4.78 is 1.97. The molecule has 0 fully saturated rings. The third-order valence-corrected chi connectivity index (χ3v) is 4.57. The number of hydrogen-bond acceptors (Lipinski definition) is 1. The maximum absolute atomic E-state index is 6.37. The van der Waals surface area contributed by atoms with Gasteiger partial charge < -0.3 is 0 Å². The van der Waals surface area contributed by atoms with E-state index in [2.05, 4.69) is 34.7 Å². The average molecular weight is 369 g/mol. The molecule has 1 atom stereocenters. The SMILES string of the molecule is Clc1ccc(C(Cl)c2cccc(I)c2)s1. The summed E-state index contributed by atoms with van der Waals surface area (Å²) in [6, 6.07) is 12.0. The van der Waals surface area contributed by atoms with Gasteiger partial charge in [0.15, 0.2) is 0 Å². The van der Waals surface area contributed by atoms with Crippen LogP contribution >= 0.6 is 57.1 Å². The van der Waals surface area contributed by atoms with Crippen molar-refractivity contribution >= 4 is 57.1 Å². The van der Waals surface area contributed by atoms with E-state index in [0.717, 1.165) is 14.8 Å². The Bertz CT molecular complexity index is 467. The fourth-order valence-electron chi connectivity index (χ4n) is 1.29. The molecule has 1 heterocycles. The van der Waals surface area contributed by atoms with Gasteiger partial charge in [0, 0.05) is 8.45 Å². The highest BCUT2D eigenvalue weighted by Crippen LogP contribution is 2.35. The lowest BCUT2D eigenvalue weighted by atomic mass is 10.1. The number of alkyl halides is 1. The van der Waals surface area contributed by atoms with Gasteiger partial charge in [0.25, 0.3) is 0 Å². The molecule has 1 unspecified atom stereocenters. The fourth-order valence-corrected chi connectivity index (χ4v) is 3.27. The van der Waals surface area contributed by atoms with Crippen molar-refractivity contribution in [3.05, 3.63) is 54.7 Å². The van der Waals surface area contributed by atoms with Gasteiger partial charge in [-0.05, 0) is 52.4 Å². The van der Waals surface area contributed by atoms with Gasteiger partial charge in [-0.2, -0.15) is 0 Å². The van der Waals surface area contributed by atoms with Crippen molar-refractivity contribution < 1.29 is 0 Å².